The smallest absolute Gasteiger partial charge is 0.352 e. The molecule has 0 aliphatic carbocycles. The number of β-lactam (4-membered cyclic amide) rings is 1. The lowest BCUT2D eigenvalue weighted by Crippen LogP contribution is -2.74. The van der Waals surface area contributed by atoms with Gasteiger partial charge in [0.2, 0.25) is 12.1 Å². The van der Waals surface area contributed by atoms with Crippen LogP contribution in [0.25, 0.3) is 0 Å². The van der Waals surface area contributed by atoms with E-state index < -0.39 is 51.1 Å². The number of nitro groups is 1. The summed E-state index contributed by atoms with van der Waals surface area (Å²) >= 11 is 1.40. The lowest BCUT2D eigenvalue weighted by Gasteiger charge is -2.46. The Labute approximate surface area is 205 Å². The Balaban J connectivity index is 1.46. The van der Waals surface area contributed by atoms with Crippen molar-refractivity contribution in [1.29, 1.82) is 0 Å². The van der Waals surface area contributed by atoms with Crippen LogP contribution in [0.4, 0.5) is 5.69 Å². The number of thiophene rings is 1. The molecule has 1 saturated heterocycles. The quantitative estimate of drug-likeness (QED) is 0.242. The van der Waals surface area contributed by atoms with Gasteiger partial charge in [0.1, 0.15) is 23.8 Å². The maximum Gasteiger partial charge on any atom is 0.352 e. The number of fused-ring (bicyclic) bond motifs is 1. The number of benzene rings is 1. The van der Waals surface area contributed by atoms with Crippen molar-refractivity contribution in [2.45, 2.75) is 30.6 Å². The van der Waals surface area contributed by atoms with Gasteiger partial charge in [-0.1, -0.05) is 6.07 Å². The summed E-state index contributed by atoms with van der Waals surface area (Å²) in [6.45, 7) is -0.220. The second kappa shape index (κ2) is 10.3. The first-order chi connectivity index (χ1) is 16.8. The van der Waals surface area contributed by atoms with Crippen LogP contribution in [0, 0.1) is 10.1 Å². The van der Waals surface area contributed by atoms with Crippen LogP contribution < -0.4 is 5.32 Å². The molecule has 2 aliphatic rings. The van der Waals surface area contributed by atoms with E-state index in [0.717, 1.165) is 9.78 Å². The molecule has 184 valence electrons. The van der Waals surface area contributed by atoms with Crippen LogP contribution in [0.2, 0.25) is 0 Å². The van der Waals surface area contributed by atoms with Crippen LogP contribution in [0.5, 0.6) is 0 Å². The summed E-state index contributed by atoms with van der Waals surface area (Å²) < 4.78 is 23.4. The molecular formula is C21H20N4O8S2. The van der Waals surface area contributed by atoms with Gasteiger partial charge in [-0.2, -0.15) is 0 Å². The summed E-state index contributed by atoms with van der Waals surface area (Å²) in [7, 11) is -0.395. The number of carbonyl (C=O) groups excluding carboxylic acids is 3. The van der Waals surface area contributed by atoms with Crippen LogP contribution in [0.15, 0.2) is 46.8 Å². The molecule has 1 fully saturated rings. The Hall–Kier alpha value is -3.65. The zero-order valence-electron chi connectivity index (χ0n) is 18.3. The largest absolute Gasteiger partial charge is 0.484 e. The van der Waals surface area contributed by atoms with Gasteiger partial charge < -0.3 is 14.8 Å². The van der Waals surface area contributed by atoms with Gasteiger partial charge in [0.15, 0.2) is 5.90 Å². The molecule has 2 aliphatic heterocycles. The number of nitrogens with one attached hydrogen (secondary N) is 1. The highest BCUT2D eigenvalue weighted by molar-refractivity contribution is 7.86. The van der Waals surface area contributed by atoms with Crippen LogP contribution in [-0.2, 0) is 47.7 Å². The lowest BCUT2D eigenvalue weighted by atomic mass is 10.1. The van der Waals surface area contributed by atoms with E-state index in [9.17, 15) is 28.7 Å². The molecule has 0 spiro atoms. The maximum atomic E-state index is 12.9. The van der Waals surface area contributed by atoms with Crippen molar-refractivity contribution in [2.75, 3.05) is 12.9 Å². The molecule has 2 amide bonds. The zero-order valence-corrected chi connectivity index (χ0v) is 20.0. The third-order valence-corrected chi connectivity index (χ3v) is 7.80. The summed E-state index contributed by atoms with van der Waals surface area (Å²) in [6, 6.07) is 7.95. The van der Waals surface area contributed by atoms with Crippen LogP contribution in [0.3, 0.4) is 0 Å². The molecule has 1 aromatic heterocycles. The van der Waals surface area contributed by atoms with Crippen molar-refractivity contribution in [1.82, 2.24) is 10.2 Å². The first-order valence-electron chi connectivity index (χ1n) is 10.3. The topological polar surface area (TPSA) is 158 Å². The van der Waals surface area contributed by atoms with E-state index in [1.165, 1.54) is 42.7 Å². The Kier molecular flexibility index (Phi) is 7.21. The Bertz CT molecular complexity index is 1200. The van der Waals surface area contributed by atoms with Crippen molar-refractivity contribution in [2.24, 2.45) is 4.99 Å². The number of rotatable bonds is 7. The summed E-state index contributed by atoms with van der Waals surface area (Å²) in [5, 5.41) is 14.2. The number of methoxy groups -OCH3 is 1. The highest BCUT2D eigenvalue weighted by Gasteiger charge is 2.57. The Morgan fingerprint density at radius 1 is 1.31 bits per heavy atom. The summed E-state index contributed by atoms with van der Waals surface area (Å²) in [4.78, 5) is 54.4. The van der Waals surface area contributed by atoms with E-state index in [0.29, 0.717) is 5.56 Å². The molecule has 0 saturated carbocycles. The zero-order chi connectivity index (χ0) is 25.1. The van der Waals surface area contributed by atoms with E-state index in [1.807, 2.05) is 5.38 Å². The predicted molar refractivity (Wildman–Crippen MR) is 125 cm³/mol. The first kappa shape index (κ1) is 24.5. The first-order valence-corrected chi connectivity index (χ1v) is 12.6. The SMILES string of the molecule is COC1=N[C@H](C(=O)OCc2ccc([N+](=O)[O-])cc2)N2C(=O)[C@@H](NC(=O)Cc3cccs3)[C@H]2S(=O)C1. The number of ether oxygens (including phenoxy) is 2. The van der Waals surface area contributed by atoms with E-state index in [2.05, 4.69) is 10.3 Å². The molecule has 1 unspecified atom stereocenters. The average Bonchev–Trinajstić information content (AvgIpc) is 3.30. The standard InChI is InChI=1S/C21H20N4O8S2/c1-32-16-11-35(31)20-17(22-15(26)9-14-3-2-8-34-14)19(27)24(20)18(23-16)21(28)33-10-12-4-6-13(7-5-12)25(29)30/h2-8,17-18,20H,9-11H2,1H3,(H,22,26)/t17-,18+,20-,35?/m1/s1. The fourth-order valence-corrected chi connectivity index (χ4v) is 5.89. The molecule has 1 N–H and O–H groups in total. The van der Waals surface area contributed by atoms with Crippen LogP contribution in [-0.4, -0.2) is 68.2 Å². The van der Waals surface area contributed by atoms with Gasteiger partial charge in [0, 0.05) is 17.0 Å². The van der Waals surface area contributed by atoms with Crippen molar-refractivity contribution >= 4 is 51.5 Å². The number of hydrogen-bond donors (Lipinski definition) is 1. The molecule has 12 nitrogen and oxygen atoms in total. The van der Waals surface area contributed by atoms with E-state index in [4.69, 9.17) is 9.47 Å². The number of amides is 2. The molecule has 2 aromatic rings. The Morgan fingerprint density at radius 3 is 2.69 bits per heavy atom. The second-order valence-electron chi connectivity index (χ2n) is 7.59. The number of nitro benzene ring substituents is 1. The fourth-order valence-electron chi connectivity index (χ4n) is 3.62. The minimum atomic E-state index is -1.70. The summed E-state index contributed by atoms with van der Waals surface area (Å²) in [5.74, 6) is -2.04. The summed E-state index contributed by atoms with van der Waals surface area (Å²) in [5.41, 5.74) is 0.379. The molecule has 0 bridgehead atoms. The number of nitrogens with zero attached hydrogens (tertiary/aromatic N) is 3. The minimum absolute atomic E-state index is 0.00600. The van der Waals surface area contributed by atoms with Crippen molar-refractivity contribution in [3.05, 3.63) is 62.3 Å². The molecule has 1 aromatic carbocycles. The van der Waals surface area contributed by atoms with Gasteiger partial charge in [-0.05, 0) is 29.1 Å². The molecule has 35 heavy (non-hydrogen) atoms. The van der Waals surface area contributed by atoms with Crippen LogP contribution in [0.1, 0.15) is 10.4 Å². The van der Waals surface area contributed by atoms with Gasteiger partial charge in [0.25, 0.3) is 11.6 Å². The van der Waals surface area contributed by atoms with E-state index in [1.54, 1.807) is 12.1 Å². The van der Waals surface area contributed by atoms with Gasteiger partial charge in [-0.3, -0.25) is 28.8 Å². The number of hydrogen-bond acceptors (Lipinski definition) is 10. The van der Waals surface area contributed by atoms with Crippen molar-refractivity contribution in [3.63, 3.8) is 0 Å². The highest BCUT2D eigenvalue weighted by atomic mass is 32.2. The van der Waals surface area contributed by atoms with E-state index in [-0.39, 0.29) is 30.4 Å². The number of carbonyl (C=O) groups is 3. The summed E-state index contributed by atoms with van der Waals surface area (Å²) in [6.07, 6.45) is -1.38. The Morgan fingerprint density at radius 2 is 2.06 bits per heavy atom. The molecule has 4 rings (SSSR count). The molecule has 14 heteroatoms. The average molecular weight is 521 g/mol. The van der Waals surface area contributed by atoms with Gasteiger partial charge in [0.05, 0.1) is 29.3 Å². The normalized spacial score (nSPS) is 23.3. The number of esters is 1. The van der Waals surface area contributed by atoms with Crippen molar-refractivity contribution in [3.8, 4) is 0 Å². The number of aliphatic imine (C=N–C) groups is 1. The maximum absolute atomic E-state index is 12.9. The highest BCUT2D eigenvalue weighted by Crippen LogP contribution is 2.30. The fraction of sp³-hybridized carbons (Fsp3) is 0.333. The minimum Gasteiger partial charge on any atom is -0.484 e. The van der Waals surface area contributed by atoms with E-state index >= 15 is 0 Å². The number of non-ortho nitro benzene ring substituents is 1. The molecular weight excluding hydrogens is 500 g/mol. The van der Waals surface area contributed by atoms with Crippen LogP contribution >= 0.6 is 11.3 Å². The molecule has 4 atom stereocenters. The van der Waals surface area contributed by atoms with Gasteiger partial charge >= 0.3 is 5.97 Å². The monoisotopic (exact) mass is 520 g/mol. The van der Waals surface area contributed by atoms with Gasteiger partial charge in [-0.25, -0.2) is 9.79 Å². The predicted octanol–water partition coefficient (Wildman–Crippen LogP) is 0.729. The lowest BCUT2D eigenvalue weighted by molar-refractivity contribution is -0.384. The molecule has 0 radical (unpaired) electrons. The van der Waals surface area contributed by atoms with Gasteiger partial charge in [-0.15, -0.1) is 11.3 Å². The molecule has 3 heterocycles. The third kappa shape index (κ3) is 5.22. The third-order valence-electron chi connectivity index (χ3n) is 5.35. The van der Waals surface area contributed by atoms with Crippen molar-refractivity contribution < 1.29 is 33.0 Å². The second-order valence-corrected chi connectivity index (χ2v) is 10.2.